The molecule has 0 saturated heterocycles. The van der Waals surface area contributed by atoms with Crippen molar-refractivity contribution in [2.75, 3.05) is 12.0 Å². The molecule has 0 amide bonds. The standard InChI is InChI=1S/C25H21NOS/c1-27-25-18-24(15-14-21(25)13-12-20-16-17-28-19-20)26(22-8-4-2-5-9-22)23-10-6-3-7-11-23/h2-19H,1H3. The van der Waals surface area contributed by atoms with E-state index in [-0.39, 0.29) is 0 Å². The molecule has 0 spiro atoms. The van der Waals surface area contributed by atoms with Crippen molar-refractivity contribution in [3.8, 4) is 5.75 Å². The molecule has 0 atom stereocenters. The summed E-state index contributed by atoms with van der Waals surface area (Å²) in [7, 11) is 1.72. The van der Waals surface area contributed by atoms with Crippen LogP contribution in [0, 0.1) is 0 Å². The predicted molar refractivity (Wildman–Crippen MR) is 121 cm³/mol. The highest BCUT2D eigenvalue weighted by molar-refractivity contribution is 7.08. The van der Waals surface area contributed by atoms with Crippen LogP contribution >= 0.6 is 11.3 Å². The lowest BCUT2D eigenvalue weighted by molar-refractivity contribution is 0.414. The van der Waals surface area contributed by atoms with Gasteiger partial charge in [-0.25, -0.2) is 0 Å². The Labute approximate surface area is 170 Å². The number of anilines is 3. The van der Waals surface area contributed by atoms with Crippen LogP contribution in [0.25, 0.3) is 12.2 Å². The van der Waals surface area contributed by atoms with E-state index in [2.05, 4.69) is 101 Å². The molecule has 0 aliphatic heterocycles. The molecule has 1 aromatic heterocycles. The van der Waals surface area contributed by atoms with Crippen molar-refractivity contribution in [2.24, 2.45) is 0 Å². The number of hydrogen-bond acceptors (Lipinski definition) is 3. The maximum atomic E-state index is 5.70. The first-order valence-electron chi connectivity index (χ1n) is 9.14. The summed E-state index contributed by atoms with van der Waals surface area (Å²) in [6.45, 7) is 0. The van der Waals surface area contributed by atoms with Crippen molar-refractivity contribution in [2.45, 2.75) is 0 Å². The zero-order valence-corrected chi connectivity index (χ0v) is 16.5. The molecule has 0 radical (unpaired) electrons. The first kappa shape index (κ1) is 18.1. The first-order valence-corrected chi connectivity index (χ1v) is 10.1. The average Bonchev–Trinajstić information content (AvgIpc) is 3.28. The van der Waals surface area contributed by atoms with Crippen LogP contribution in [-0.2, 0) is 0 Å². The molecule has 28 heavy (non-hydrogen) atoms. The number of thiophene rings is 1. The van der Waals surface area contributed by atoms with E-state index in [4.69, 9.17) is 4.74 Å². The number of para-hydroxylation sites is 2. The summed E-state index contributed by atoms with van der Waals surface area (Å²) < 4.78 is 5.70. The van der Waals surface area contributed by atoms with E-state index < -0.39 is 0 Å². The molecular formula is C25H21NOS. The molecule has 4 rings (SSSR count). The molecule has 0 bridgehead atoms. The minimum atomic E-state index is 0.848. The largest absolute Gasteiger partial charge is 0.496 e. The number of nitrogens with zero attached hydrogens (tertiary/aromatic N) is 1. The van der Waals surface area contributed by atoms with Gasteiger partial charge in [-0.3, -0.25) is 0 Å². The van der Waals surface area contributed by atoms with E-state index in [0.29, 0.717) is 0 Å². The van der Waals surface area contributed by atoms with Gasteiger partial charge < -0.3 is 9.64 Å². The second-order valence-corrected chi connectivity index (χ2v) is 7.10. The Morgan fingerprint density at radius 3 is 2.00 bits per heavy atom. The van der Waals surface area contributed by atoms with E-state index in [1.807, 2.05) is 12.1 Å². The zero-order valence-electron chi connectivity index (χ0n) is 15.7. The third kappa shape index (κ3) is 4.00. The van der Waals surface area contributed by atoms with Crippen LogP contribution < -0.4 is 9.64 Å². The first-order chi connectivity index (χ1) is 13.8. The molecule has 0 saturated carbocycles. The second kappa shape index (κ2) is 8.59. The van der Waals surface area contributed by atoms with Gasteiger partial charge in [-0.05, 0) is 58.8 Å². The molecule has 1 heterocycles. The number of methoxy groups -OCH3 is 1. The molecule has 0 aliphatic rings. The van der Waals surface area contributed by atoms with Gasteiger partial charge in [-0.2, -0.15) is 11.3 Å². The third-order valence-corrected chi connectivity index (χ3v) is 5.20. The molecule has 3 heteroatoms. The van der Waals surface area contributed by atoms with Crippen molar-refractivity contribution in [1.29, 1.82) is 0 Å². The molecule has 0 N–H and O–H groups in total. The maximum Gasteiger partial charge on any atom is 0.128 e. The highest BCUT2D eigenvalue weighted by Gasteiger charge is 2.13. The topological polar surface area (TPSA) is 12.5 Å². The molecule has 2 nitrogen and oxygen atoms in total. The fraction of sp³-hybridized carbons (Fsp3) is 0.0400. The molecule has 4 aromatic rings. The van der Waals surface area contributed by atoms with Gasteiger partial charge in [-0.15, -0.1) is 0 Å². The molecule has 3 aromatic carbocycles. The van der Waals surface area contributed by atoms with E-state index in [1.54, 1.807) is 18.4 Å². The van der Waals surface area contributed by atoms with Gasteiger partial charge in [0, 0.05) is 28.7 Å². The summed E-state index contributed by atoms with van der Waals surface area (Å²) >= 11 is 1.70. The van der Waals surface area contributed by atoms with E-state index >= 15 is 0 Å². The lowest BCUT2D eigenvalue weighted by Gasteiger charge is -2.26. The molecule has 0 unspecified atom stereocenters. The number of benzene rings is 3. The second-order valence-electron chi connectivity index (χ2n) is 6.32. The van der Waals surface area contributed by atoms with E-state index in [0.717, 1.165) is 28.4 Å². The Morgan fingerprint density at radius 2 is 1.43 bits per heavy atom. The van der Waals surface area contributed by atoms with Crippen LogP contribution in [0.15, 0.2) is 95.7 Å². The minimum Gasteiger partial charge on any atom is -0.496 e. The zero-order chi connectivity index (χ0) is 19.2. The Morgan fingerprint density at radius 1 is 0.750 bits per heavy atom. The van der Waals surface area contributed by atoms with Gasteiger partial charge in [0.1, 0.15) is 5.75 Å². The van der Waals surface area contributed by atoms with E-state index in [9.17, 15) is 0 Å². The number of rotatable bonds is 6. The Bertz CT molecular complexity index is 1000. The van der Waals surface area contributed by atoms with Crippen molar-refractivity contribution in [1.82, 2.24) is 0 Å². The fourth-order valence-corrected chi connectivity index (χ4v) is 3.76. The monoisotopic (exact) mass is 383 g/mol. The van der Waals surface area contributed by atoms with Gasteiger partial charge in [0.05, 0.1) is 7.11 Å². The summed E-state index contributed by atoms with van der Waals surface area (Å²) in [4.78, 5) is 2.23. The third-order valence-electron chi connectivity index (χ3n) is 4.50. The molecule has 0 fully saturated rings. The van der Waals surface area contributed by atoms with Crippen LogP contribution in [-0.4, -0.2) is 7.11 Å². The summed E-state index contributed by atoms with van der Waals surface area (Å²) in [5.41, 5.74) is 5.53. The highest BCUT2D eigenvalue weighted by Crippen LogP contribution is 2.37. The van der Waals surface area contributed by atoms with Crippen molar-refractivity contribution in [3.05, 3.63) is 107 Å². The summed E-state index contributed by atoms with van der Waals surface area (Å²) in [6.07, 6.45) is 4.21. The lowest BCUT2D eigenvalue weighted by atomic mass is 10.1. The summed E-state index contributed by atoms with van der Waals surface area (Å²) in [5.74, 6) is 0.848. The van der Waals surface area contributed by atoms with Crippen molar-refractivity contribution < 1.29 is 4.74 Å². The quantitative estimate of drug-likeness (QED) is 0.344. The van der Waals surface area contributed by atoms with Crippen molar-refractivity contribution >= 4 is 40.6 Å². The molecule has 138 valence electrons. The Balaban J connectivity index is 1.75. The summed E-state index contributed by atoms with van der Waals surface area (Å²) in [5, 5.41) is 4.21. The molecule has 0 aliphatic carbocycles. The number of ether oxygens (including phenoxy) is 1. The van der Waals surface area contributed by atoms with Gasteiger partial charge in [0.2, 0.25) is 0 Å². The van der Waals surface area contributed by atoms with Crippen LogP contribution in [0.2, 0.25) is 0 Å². The summed E-state index contributed by atoms with van der Waals surface area (Å²) in [6, 6.07) is 29.2. The van der Waals surface area contributed by atoms with Gasteiger partial charge in [-0.1, -0.05) is 48.6 Å². The fourth-order valence-electron chi connectivity index (χ4n) is 3.13. The highest BCUT2D eigenvalue weighted by atomic mass is 32.1. The van der Waals surface area contributed by atoms with Gasteiger partial charge >= 0.3 is 0 Å². The van der Waals surface area contributed by atoms with Crippen LogP contribution in [0.1, 0.15) is 11.1 Å². The van der Waals surface area contributed by atoms with Crippen LogP contribution in [0.5, 0.6) is 5.75 Å². The average molecular weight is 384 g/mol. The van der Waals surface area contributed by atoms with Crippen LogP contribution in [0.3, 0.4) is 0 Å². The number of hydrogen-bond donors (Lipinski definition) is 0. The SMILES string of the molecule is COc1cc(N(c2ccccc2)c2ccccc2)ccc1C=Cc1ccsc1. The van der Waals surface area contributed by atoms with Gasteiger partial charge in [0.25, 0.3) is 0 Å². The Hall–Kier alpha value is -3.30. The van der Waals surface area contributed by atoms with Gasteiger partial charge in [0.15, 0.2) is 0 Å². The lowest BCUT2D eigenvalue weighted by Crippen LogP contribution is -2.09. The smallest absolute Gasteiger partial charge is 0.128 e. The molecular weight excluding hydrogens is 362 g/mol. The maximum absolute atomic E-state index is 5.70. The Kier molecular flexibility index (Phi) is 5.55. The van der Waals surface area contributed by atoms with Crippen molar-refractivity contribution in [3.63, 3.8) is 0 Å². The van der Waals surface area contributed by atoms with Crippen LogP contribution in [0.4, 0.5) is 17.1 Å². The predicted octanol–water partition coefficient (Wildman–Crippen LogP) is 7.40. The minimum absolute atomic E-state index is 0.848. The van der Waals surface area contributed by atoms with E-state index in [1.165, 1.54) is 5.56 Å². The normalized spacial score (nSPS) is 10.9.